The van der Waals surface area contributed by atoms with E-state index in [0.29, 0.717) is 35.0 Å². The molecule has 2 aromatic heterocycles. The Balaban J connectivity index is 1.53. The van der Waals surface area contributed by atoms with Crippen LogP contribution in [0.4, 0.5) is 0 Å². The Morgan fingerprint density at radius 3 is 2.72 bits per heavy atom. The maximum atomic E-state index is 12.2. The maximum Gasteiger partial charge on any atom is 0.252 e. The predicted octanol–water partition coefficient (Wildman–Crippen LogP) is 3.35. The SMILES string of the molecule is Cc1cc(C#N)ccc1-c1cnn(-c2ccc(C(=O)NCC3CCC3)cn2)c1O. The summed E-state index contributed by atoms with van der Waals surface area (Å²) in [5, 5.41) is 26.9. The zero-order chi connectivity index (χ0) is 20.4. The lowest BCUT2D eigenvalue weighted by atomic mass is 9.85. The summed E-state index contributed by atoms with van der Waals surface area (Å²) in [6.45, 7) is 2.58. The first-order chi connectivity index (χ1) is 14.1. The minimum absolute atomic E-state index is 0.0486. The summed E-state index contributed by atoms with van der Waals surface area (Å²) in [5.74, 6) is 0.814. The molecule has 3 aromatic rings. The standard InChI is InChI=1S/C22H21N5O2/c1-14-9-16(10-23)5-7-18(14)19-13-26-27(22(19)29)20-8-6-17(12-24-20)21(28)25-11-15-3-2-4-15/h5-9,12-13,15,29H,2-4,11H2,1H3,(H,25,28). The summed E-state index contributed by atoms with van der Waals surface area (Å²) >= 11 is 0. The van der Waals surface area contributed by atoms with Gasteiger partial charge in [-0.05, 0) is 61.1 Å². The van der Waals surface area contributed by atoms with Gasteiger partial charge in [0.2, 0.25) is 5.88 Å². The molecule has 4 rings (SSSR count). The number of hydrogen-bond acceptors (Lipinski definition) is 5. The number of benzene rings is 1. The van der Waals surface area contributed by atoms with Gasteiger partial charge in [-0.1, -0.05) is 12.5 Å². The molecule has 0 saturated heterocycles. The van der Waals surface area contributed by atoms with Crippen LogP contribution in [0.1, 0.15) is 40.7 Å². The third-order valence-corrected chi connectivity index (χ3v) is 5.39. The fourth-order valence-corrected chi connectivity index (χ4v) is 3.42. The lowest BCUT2D eigenvalue weighted by Crippen LogP contribution is -2.32. The highest BCUT2D eigenvalue weighted by atomic mass is 16.3. The molecule has 0 unspecified atom stereocenters. The van der Waals surface area contributed by atoms with Gasteiger partial charge in [0.05, 0.1) is 29.0 Å². The van der Waals surface area contributed by atoms with Crippen LogP contribution in [-0.2, 0) is 0 Å². The minimum atomic E-state index is -0.144. The third-order valence-electron chi connectivity index (χ3n) is 5.39. The fourth-order valence-electron chi connectivity index (χ4n) is 3.42. The van der Waals surface area contributed by atoms with Crippen LogP contribution in [0, 0.1) is 24.2 Å². The van der Waals surface area contributed by atoms with E-state index < -0.39 is 0 Å². The first-order valence-corrected chi connectivity index (χ1v) is 9.59. The molecule has 0 aliphatic heterocycles. The average molecular weight is 387 g/mol. The van der Waals surface area contributed by atoms with Crippen LogP contribution >= 0.6 is 0 Å². The monoisotopic (exact) mass is 387 g/mol. The molecule has 1 saturated carbocycles. The zero-order valence-electron chi connectivity index (χ0n) is 16.1. The number of aromatic nitrogens is 3. The Morgan fingerprint density at radius 2 is 2.10 bits per heavy atom. The summed E-state index contributed by atoms with van der Waals surface area (Å²) < 4.78 is 1.32. The van der Waals surface area contributed by atoms with Crippen LogP contribution in [-0.4, -0.2) is 32.3 Å². The largest absolute Gasteiger partial charge is 0.493 e. The second-order valence-electron chi connectivity index (χ2n) is 7.35. The normalized spacial score (nSPS) is 13.5. The zero-order valence-corrected chi connectivity index (χ0v) is 16.1. The molecule has 1 aliphatic carbocycles. The van der Waals surface area contributed by atoms with Crippen molar-refractivity contribution in [1.82, 2.24) is 20.1 Å². The topological polar surface area (TPSA) is 104 Å². The van der Waals surface area contributed by atoms with Crippen molar-refractivity contribution in [2.24, 2.45) is 5.92 Å². The Kier molecular flexibility index (Phi) is 5.00. The number of nitrogens with zero attached hydrogens (tertiary/aromatic N) is 4. The van der Waals surface area contributed by atoms with E-state index in [0.717, 1.165) is 11.1 Å². The molecule has 29 heavy (non-hydrogen) atoms. The van der Waals surface area contributed by atoms with E-state index in [2.05, 4.69) is 21.5 Å². The van der Waals surface area contributed by atoms with Crippen molar-refractivity contribution in [3.05, 3.63) is 59.4 Å². The van der Waals surface area contributed by atoms with Crippen molar-refractivity contribution in [2.75, 3.05) is 6.54 Å². The number of nitrogens with one attached hydrogen (secondary N) is 1. The fraction of sp³-hybridized carbons (Fsp3) is 0.273. The molecule has 7 nitrogen and oxygen atoms in total. The number of amides is 1. The molecular weight excluding hydrogens is 366 g/mol. The molecule has 2 heterocycles. The Labute approximate surface area is 168 Å². The van der Waals surface area contributed by atoms with Gasteiger partial charge < -0.3 is 10.4 Å². The van der Waals surface area contributed by atoms with Gasteiger partial charge in [0.1, 0.15) is 0 Å². The molecule has 1 aliphatic rings. The number of nitriles is 1. The summed E-state index contributed by atoms with van der Waals surface area (Å²) in [5.41, 5.74) is 3.25. The molecule has 0 radical (unpaired) electrons. The molecule has 1 amide bonds. The van der Waals surface area contributed by atoms with Gasteiger partial charge in [-0.15, -0.1) is 0 Å². The van der Waals surface area contributed by atoms with Crippen LogP contribution in [0.5, 0.6) is 5.88 Å². The number of carbonyl (C=O) groups excluding carboxylic acids is 1. The van der Waals surface area contributed by atoms with Crippen molar-refractivity contribution in [2.45, 2.75) is 26.2 Å². The Hall–Kier alpha value is -3.66. The van der Waals surface area contributed by atoms with Crippen molar-refractivity contribution < 1.29 is 9.90 Å². The minimum Gasteiger partial charge on any atom is -0.493 e. The highest BCUT2D eigenvalue weighted by molar-refractivity contribution is 5.93. The van der Waals surface area contributed by atoms with Crippen molar-refractivity contribution in [3.8, 4) is 28.9 Å². The van der Waals surface area contributed by atoms with Gasteiger partial charge in [0, 0.05) is 12.7 Å². The molecule has 1 aromatic carbocycles. The van der Waals surface area contributed by atoms with E-state index in [-0.39, 0.29) is 11.8 Å². The highest BCUT2D eigenvalue weighted by Crippen LogP contribution is 2.33. The van der Waals surface area contributed by atoms with Gasteiger partial charge in [0.15, 0.2) is 5.82 Å². The van der Waals surface area contributed by atoms with Crippen LogP contribution in [0.2, 0.25) is 0 Å². The van der Waals surface area contributed by atoms with E-state index >= 15 is 0 Å². The molecule has 1 fully saturated rings. The lowest BCUT2D eigenvalue weighted by molar-refractivity contribution is 0.0938. The average Bonchev–Trinajstić information content (AvgIpc) is 3.07. The van der Waals surface area contributed by atoms with Gasteiger partial charge in [-0.2, -0.15) is 15.0 Å². The van der Waals surface area contributed by atoms with E-state index in [4.69, 9.17) is 5.26 Å². The van der Waals surface area contributed by atoms with Crippen molar-refractivity contribution in [1.29, 1.82) is 5.26 Å². The lowest BCUT2D eigenvalue weighted by Gasteiger charge is -2.25. The van der Waals surface area contributed by atoms with Crippen LogP contribution in [0.25, 0.3) is 16.9 Å². The first-order valence-electron chi connectivity index (χ1n) is 9.59. The Bertz CT molecular complexity index is 1090. The second-order valence-corrected chi connectivity index (χ2v) is 7.35. The van der Waals surface area contributed by atoms with Gasteiger partial charge in [0.25, 0.3) is 5.91 Å². The number of carbonyl (C=O) groups is 1. The summed E-state index contributed by atoms with van der Waals surface area (Å²) in [6.07, 6.45) is 6.64. The molecule has 7 heteroatoms. The van der Waals surface area contributed by atoms with E-state index in [9.17, 15) is 9.90 Å². The molecule has 0 bridgehead atoms. The van der Waals surface area contributed by atoms with Gasteiger partial charge >= 0.3 is 0 Å². The van der Waals surface area contributed by atoms with E-state index in [1.54, 1.807) is 36.5 Å². The summed E-state index contributed by atoms with van der Waals surface area (Å²) in [6, 6.07) is 10.7. The van der Waals surface area contributed by atoms with Crippen molar-refractivity contribution in [3.63, 3.8) is 0 Å². The molecule has 146 valence electrons. The van der Waals surface area contributed by atoms with Crippen molar-refractivity contribution >= 4 is 5.91 Å². The molecular formula is C22H21N5O2. The number of hydrogen-bond donors (Lipinski definition) is 2. The highest BCUT2D eigenvalue weighted by Gasteiger charge is 2.19. The van der Waals surface area contributed by atoms with Gasteiger partial charge in [-0.25, -0.2) is 4.98 Å². The van der Waals surface area contributed by atoms with Crippen LogP contribution < -0.4 is 5.32 Å². The van der Waals surface area contributed by atoms with Crippen LogP contribution in [0.15, 0.2) is 42.7 Å². The number of aryl methyl sites for hydroxylation is 1. The molecule has 0 atom stereocenters. The number of aromatic hydroxyl groups is 1. The summed E-state index contributed by atoms with van der Waals surface area (Å²) in [7, 11) is 0. The quantitative estimate of drug-likeness (QED) is 0.699. The smallest absolute Gasteiger partial charge is 0.252 e. The molecule has 2 N–H and O–H groups in total. The summed E-state index contributed by atoms with van der Waals surface area (Å²) in [4.78, 5) is 16.5. The maximum absolute atomic E-state index is 12.2. The second kappa shape index (κ2) is 7.76. The van der Waals surface area contributed by atoms with Crippen LogP contribution in [0.3, 0.4) is 0 Å². The number of rotatable bonds is 5. The molecule has 0 spiro atoms. The predicted molar refractivity (Wildman–Crippen MR) is 108 cm³/mol. The van der Waals surface area contributed by atoms with Gasteiger partial charge in [-0.3, -0.25) is 4.79 Å². The Morgan fingerprint density at radius 1 is 1.28 bits per heavy atom. The van der Waals surface area contributed by atoms with E-state index in [1.165, 1.54) is 30.1 Å². The third kappa shape index (κ3) is 3.69. The van der Waals surface area contributed by atoms with E-state index in [1.807, 2.05) is 6.92 Å². The first kappa shape index (κ1) is 18.7. The number of pyridine rings is 1.